The fourth-order valence-electron chi connectivity index (χ4n) is 10.8. The zero-order valence-electron chi connectivity index (χ0n) is 19.2. The summed E-state index contributed by atoms with van der Waals surface area (Å²) >= 11 is 0. The first-order chi connectivity index (χ1) is 14.0. The van der Waals surface area contributed by atoms with Crippen LogP contribution in [0.3, 0.4) is 0 Å². The lowest BCUT2D eigenvalue weighted by Crippen LogP contribution is -2.40. The molecule has 0 bridgehead atoms. The Bertz CT molecular complexity index is 776. The molecule has 1 aromatic rings. The number of rotatable bonds is 4. The third-order valence-electron chi connectivity index (χ3n) is 11.8. The monoisotopic (exact) mass is 390 g/mol. The summed E-state index contributed by atoms with van der Waals surface area (Å²) in [6.07, 6.45) is 18.4. The van der Waals surface area contributed by atoms with Crippen LogP contribution in [0.4, 0.5) is 0 Å². The highest BCUT2D eigenvalue weighted by atomic mass is 14.9. The van der Waals surface area contributed by atoms with Gasteiger partial charge in [-0.15, -0.1) is 0 Å². The molecule has 5 saturated carbocycles. The molecule has 5 fully saturated rings. The number of hydrogen-bond acceptors (Lipinski definition) is 0. The summed E-state index contributed by atoms with van der Waals surface area (Å²) in [6, 6.07) is 9.31. The minimum absolute atomic E-state index is 0.652. The molecule has 29 heavy (non-hydrogen) atoms. The first-order valence-corrected chi connectivity index (χ1v) is 13.1. The van der Waals surface area contributed by atoms with Gasteiger partial charge in [0.2, 0.25) is 0 Å². The van der Waals surface area contributed by atoms with Crippen LogP contribution in [-0.2, 0) is 6.42 Å². The molecule has 0 radical (unpaired) electrons. The van der Waals surface area contributed by atoms with Crippen LogP contribution in [0.2, 0.25) is 0 Å². The van der Waals surface area contributed by atoms with Gasteiger partial charge in [0.25, 0.3) is 0 Å². The van der Waals surface area contributed by atoms with Crippen molar-refractivity contribution in [3.05, 3.63) is 35.4 Å². The van der Waals surface area contributed by atoms with E-state index >= 15 is 0 Å². The van der Waals surface area contributed by atoms with Crippen molar-refractivity contribution in [3.8, 4) is 0 Å². The van der Waals surface area contributed by atoms with Gasteiger partial charge in [-0.2, -0.15) is 0 Å². The minimum Gasteiger partial charge on any atom is -0.0622 e. The van der Waals surface area contributed by atoms with E-state index in [9.17, 15) is 0 Å². The molecular formula is C29H42. The summed E-state index contributed by atoms with van der Waals surface area (Å²) in [5.74, 6) is 5.21. The second kappa shape index (κ2) is 6.37. The Hall–Kier alpha value is -0.780. The van der Waals surface area contributed by atoms with Gasteiger partial charge in [-0.1, -0.05) is 56.5 Å². The lowest BCUT2D eigenvalue weighted by Gasteiger charge is -2.47. The SMILES string of the molecule is Cc1ccc(CCC(C)C2CCC3C2(C)CCC2C45CCCCC4CCC325)cc1. The maximum Gasteiger partial charge on any atom is -0.0168 e. The van der Waals surface area contributed by atoms with Gasteiger partial charge >= 0.3 is 0 Å². The normalized spacial score (nSPS) is 48.4. The fourth-order valence-corrected chi connectivity index (χ4v) is 10.8. The topological polar surface area (TPSA) is 0 Å². The molecular weight excluding hydrogens is 348 g/mol. The van der Waals surface area contributed by atoms with Gasteiger partial charge in [0.1, 0.15) is 0 Å². The molecule has 0 amide bonds. The predicted molar refractivity (Wildman–Crippen MR) is 122 cm³/mol. The van der Waals surface area contributed by atoms with Crippen LogP contribution in [0.25, 0.3) is 0 Å². The van der Waals surface area contributed by atoms with Gasteiger partial charge in [0, 0.05) is 0 Å². The first kappa shape index (κ1) is 18.9. The maximum absolute atomic E-state index is 2.77. The molecule has 0 nitrogen and oxygen atoms in total. The highest BCUT2D eigenvalue weighted by molar-refractivity contribution is 5.33. The van der Waals surface area contributed by atoms with E-state index < -0.39 is 0 Å². The Kier molecular flexibility index (Phi) is 4.16. The molecule has 0 saturated heterocycles. The van der Waals surface area contributed by atoms with Crippen molar-refractivity contribution in [1.82, 2.24) is 0 Å². The standard InChI is InChI=1S/C29H42/c1-20-7-10-22(11-8-20)12-9-21(2)24-13-14-25-27(24,3)18-16-26-28-17-5-4-6-23(28)15-19-29(25,26)28/h7-8,10-11,21,23-26H,4-6,9,12-19H2,1-3H3. The zero-order valence-corrected chi connectivity index (χ0v) is 19.2. The Morgan fingerprint density at radius 1 is 0.862 bits per heavy atom. The van der Waals surface area contributed by atoms with E-state index in [1.54, 1.807) is 56.9 Å². The van der Waals surface area contributed by atoms with Crippen LogP contribution >= 0.6 is 0 Å². The fraction of sp³-hybridized carbons (Fsp3) is 0.793. The summed E-state index contributed by atoms with van der Waals surface area (Å²) in [5, 5.41) is 0. The summed E-state index contributed by atoms with van der Waals surface area (Å²) in [7, 11) is 0. The second-order valence-corrected chi connectivity index (χ2v) is 12.4. The van der Waals surface area contributed by atoms with Gasteiger partial charge in [-0.3, -0.25) is 0 Å². The number of aryl methyl sites for hydroxylation is 2. The van der Waals surface area contributed by atoms with Crippen molar-refractivity contribution < 1.29 is 0 Å². The van der Waals surface area contributed by atoms with Crippen LogP contribution in [0.1, 0.15) is 95.6 Å². The lowest BCUT2D eigenvalue weighted by molar-refractivity contribution is 0.0148. The van der Waals surface area contributed by atoms with Crippen molar-refractivity contribution in [2.75, 3.05) is 0 Å². The molecule has 8 atom stereocenters. The average Bonchev–Trinajstić information content (AvgIpc) is 2.99. The molecule has 158 valence electrons. The Morgan fingerprint density at radius 2 is 1.69 bits per heavy atom. The summed E-state index contributed by atoms with van der Waals surface area (Å²) < 4.78 is 0. The van der Waals surface area contributed by atoms with E-state index in [0.717, 1.165) is 40.4 Å². The molecule has 0 N–H and O–H groups in total. The van der Waals surface area contributed by atoms with E-state index in [1.165, 1.54) is 31.2 Å². The van der Waals surface area contributed by atoms with Gasteiger partial charge in [-0.25, -0.2) is 0 Å². The summed E-state index contributed by atoms with van der Waals surface area (Å²) in [6.45, 7) is 7.58. The van der Waals surface area contributed by atoms with Crippen LogP contribution in [0.5, 0.6) is 0 Å². The third kappa shape index (κ3) is 2.33. The van der Waals surface area contributed by atoms with E-state index in [0.29, 0.717) is 5.41 Å². The van der Waals surface area contributed by atoms with Crippen molar-refractivity contribution in [2.24, 2.45) is 45.8 Å². The molecule has 0 heteroatoms. The predicted octanol–water partition coefficient (Wildman–Crippen LogP) is 7.98. The van der Waals surface area contributed by atoms with E-state index in [-0.39, 0.29) is 0 Å². The highest BCUT2D eigenvalue weighted by Gasteiger charge is 2.85. The van der Waals surface area contributed by atoms with Gasteiger partial charge in [-0.05, 0) is 123 Å². The molecule has 6 rings (SSSR count). The van der Waals surface area contributed by atoms with Gasteiger partial charge < -0.3 is 0 Å². The van der Waals surface area contributed by atoms with Crippen LogP contribution in [0, 0.1) is 52.8 Å². The molecule has 8 unspecified atom stereocenters. The van der Waals surface area contributed by atoms with E-state index in [1.807, 2.05) is 0 Å². The van der Waals surface area contributed by atoms with Crippen LogP contribution in [0.15, 0.2) is 24.3 Å². The first-order valence-electron chi connectivity index (χ1n) is 13.1. The third-order valence-corrected chi connectivity index (χ3v) is 11.8. The largest absolute Gasteiger partial charge is 0.0622 e. The maximum atomic E-state index is 2.77. The highest BCUT2D eigenvalue weighted by Crippen LogP contribution is 2.91. The number of fused-ring (bicyclic) bond motifs is 1. The molecule has 0 heterocycles. The molecule has 5 aliphatic rings. The van der Waals surface area contributed by atoms with Crippen molar-refractivity contribution in [1.29, 1.82) is 0 Å². The quantitative estimate of drug-likeness (QED) is 0.489. The van der Waals surface area contributed by atoms with Gasteiger partial charge in [0.15, 0.2) is 0 Å². The van der Waals surface area contributed by atoms with Crippen LogP contribution in [-0.4, -0.2) is 0 Å². The zero-order chi connectivity index (χ0) is 19.9. The van der Waals surface area contributed by atoms with Crippen molar-refractivity contribution >= 4 is 0 Å². The molecule has 1 aromatic carbocycles. The van der Waals surface area contributed by atoms with Crippen LogP contribution < -0.4 is 0 Å². The summed E-state index contributed by atoms with van der Waals surface area (Å²) in [4.78, 5) is 0. The van der Waals surface area contributed by atoms with E-state index in [2.05, 4.69) is 45.0 Å². The van der Waals surface area contributed by atoms with Crippen molar-refractivity contribution in [3.63, 3.8) is 0 Å². The number of hydrogen-bond donors (Lipinski definition) is 0. The second-order valence-electron chi connectivity index (χ2n) is 12.4. The van der Waals surface area contributed by atoms with E-state index in [4.69, 9.17) is 0 Å². The smallest absolute Gasteiger partial charge is 0.0168 e. The molecule has 0 aromatic heterocycles. The molecule has 5 aliphatic carbocycles. The lowest BCUT2D eigenvalue weighted by atomic mass is 9.58. The summed E-state index contributed by atoms with van der Waals surface area (Å²) in [5.41, 5.74) is 5.25. The number of benzene rings is 1. The minimum atomic E-state index is 0.652. The molecule has 2 spiro atoms. The van der Waals surface area contributed by atoms with Crippen molar-refractivity contribution in [2.45, 2.75) is 97.8 Å². The Balaban J connectivity index is 1.21. The average molecular weight is 391 g/mol. The van der Waals surface area contributed by atoms with Gasteiger partial charge in [0.05, 0.1) is 0 Å². The Morgan fingerprint density at radius 3 is 2.52 bits per heavy atom. The Labute approximate surface area is 179 Å². The molecule has 0 aliphatic heterocycles.